The highest BCUT2D eigenvalue weighted by atomic mass is 32.1. The molecule has 1 N–H and O–H groups in total. The molecule has 0 bridgehead atoms. The van der Waals surface area contributed by atoms with Crippen molar-refractivity contribution in [1.82, 2.24) is 5.32 Å². The maximum absolute atomic E-state index is 3.55. The van der Waals surface area contributed by atoms with E-state index in [2.05, 4.69) is 52.1 Å². The summed E-state index contributed by atoms with van der Waals surface area (Å²) in [7, 11) is 0. The zero-order valence-corrected chi connectivity index (χ0v) is 11.4. The highest BCUT2D eigenvalue weighted by Gasteiger charge is 2.11. The molecule has 0 saturated carbocycles. The molecule has 86 valence electrons. The van der Waals surface area contributed by atoms with E-state index in [4.69, 9.17) is 0 Å². The Hall–Kier alpha value is -0.340. The van der Waals surface area contributed by atoms with E-state index in [9.17, 15) is 0 Å². The fourth-order valence-corrected chi connectivity index (χ4v) is 2.54. The van der Waals surface area contributed by atoms with Crippen LogP contribution in [0.3, 0.4) is 0 Å². The second-order valence-corrected chi connectivity index (χ2v) is 6.83. The van der Waals surface area contributed by atoms with Gasteiger partial charge in [-0.15, -0.1) is 11.3 Å². The van der Waals surface area contributed by atoms with Crippen LogP contribution < -0.4 is 5.32 Å². The first-order chi connectivity index (χ1) is 6.87. The van der Waals surface area contributed by atoms with E-state index >= 15 is 0 Å². The maximum Gasteiger partial charge on any atom is 0.00966 e. The second kappa shape index (κ2) is 5.13. The topological polar surface area (TPSA) is 12.0 Å². The van der Waals surface area contributed by atoms with E-state index in [0.29, 0.717) is 5.92 Å². The van der Waals surface area contributed by atoms with Crippen LogP contribution in [0.1, 0.15) is 37.4 Å². The van der Waals surface area contributed by atoms with Gasteiger partial charge in [-0.2, -0.15) is 0 Å². The zero-order chi connectivity index (χ0) is 11.5. The Morgan fingerprint density at radius 1 is 1.33 bits per heavy atom. The minimum absolute atomic E-state index is 0.236. The van der Waals surface area contributed by atoms with Crippen LogP contribution in [0, 0.1) is 12.8 Å². The smallest absolute Gasteiger partial charge is 0.00966 e. The van der Waals surface area contributed by atoms with Gasteiger partial charge in [0.15, 0.2) is 0 Å². The molecule has 0 fully saturated rings. The van der Waals surface area contributed by atoms with E-state index in [0.717, 1.165) is 6.54 Å². The Kier molecular flexibility index (Phi) is 4.35. The molecule has 2 heteroatoms. The average Bonchev–Trinajstić information content (AvgIpc) is 2.47. The molecule has 0 aliphatic rings. The Labute approximate surface area is 97.9 Å². The first kappa shape index (κ1) is 12.7. The standard InChI is InChI=1S/C13H23NS/c1-10(9-14-13(3,4)5)8-12-7-6-11(2)15-12/h6-7,10,14H,8-9H2,1-5H3. The van der Waals surface area contributed by atoms with Crippen LogP contribution in [0.2, 0.25) is 0 Å². The highest BCUT2D eigenvalue weighted by Crippen LogP contribution is 2.18. The van der Waals surface area contributed by atoms with Crippen molar-refractivity contribution in [3.63, 3.8) is 0 Å². The molecule has 1 aromatic rings. The lowest BCUT2D eigenvalue weighted by atomic mass is 10.0. The molecule has 1 heterocycles. The van der Waals surface area contributed by atoms with E-state index in [1.807, 2.05) is 11.3 Å². The Bertz CT molecular complexity index is 296. The molecule has 0 aliphatic carbocycles. The van der Waals surface area contributed by atoms with Gasteiger partial charge in [0.25, 0.3) is 0 Å². The average molecular weight is 225 g/mol. The van der Waals surface area contributed by atoms with Crippen LogP contribution in [0.25, 0.3) is 0 Å². The van der Waals surface area contributed by atoms with Crippen molar-refractivity contribution in [3.8, 4) is 0 Å². The first-order valence-electron chi connectivity index (χ1n) is 5.67. The molecule has 1 atom stereocenters. The van der Waals surface area contributed by atoms with Gasteiger partial charge < -0.3 is 5.32 Å². The van der Waals surface area contributed by atoms with Crippen molar-refractivity contribution in [3.05, 3.63) is 21.9 Å². The molecule has 15 heavy (non-hydrogen) atoms. The molecule has 0 aliphatic heterocycles. The molecule has 0 radical (unpaired) electrons. The van der Waals surface area contributed by atoms with Gasteiger partial charge in [-0.25, -0.2) is 0 Å². The Balaban J connectivity index is 2.33. The second-order valence-electron chi connectivity index (χ2n) is 5.45. The Morgan fingerprint density at radius 3 is 2.47 bits per heavy atom. The third-order valence-electron chi connectivity index (χ3n) is 2.33. The summed E-state index contributed by atoms with van der Waals surface area (Å²) in [6, 6.07) is 4.47. The monoisotopic (exact) mass is 225 g/mol. The van der Waals surface area contributed by atoms with Gasteiger partial charge in [0.2, 0.25) is 0 Å². The van der Waals surface area contributed by atoms with E-state index < -0.39 is 0 Å². The normalized spacial score (nSPS) is 14.2. The van der Waals surface area contributed by atoms with Crippen molar-refractivity contribution >= 4 is 11.3 Å². The van der Waals surface area contributed by atoms with Crippen LogP contribution in [0.5, 0.6) is 0 Å². The number of rotatable bonds is 4. The number of hydrogen-bond acceptors (Lipinski definition) is 2. The minimum atomic E-state index is 0.236. The number of hydrogen-bond donors (Lipinski definition) is 1. The summed E-state index contributed by atoms with van der Waals surface area (Å²) in [5.41, 5.74) is 0.236. The maximum atomic E-state index is 3.55. The van der Waals surface area contributed by atoms with Gasteiger partial charge >= 0.3 is 0 Å². The Morgan fingerprint density at radius 2 is 2.00 bits per heavy atom. The lowest BCUT2D eigenvalue weighted by Gasteiger charge is -2.23. The molecule has 0 spiro atoms. The fraction of sp³-hybridized carbons (Fsp3) is 0.692. The van der Waals surface area contributed by atoms with Gasteiger partial charge in [-0.1, -0.05) is 6.92 Å². The summed E-state index contributed by atoms with van der Waals surface area (Å²) >= 11 is 1.92. The van der Waals surface area contributed by atoms with Crippen LogP contribution in [-0.4, -0.2) is 12.1 Å². The molecular weight excluding hydrogens is 202 g/mol. The molecule has 0 saturated heterocycles. The van der Waals surface area contributed by atoms with Crippen molar-refractivity contribution < 1.29 is 0 Å². The molecular formula is C13H23NS. The number of thiophene rings is 1. The summed E-state index contributed by atoms with van der Waals surface area (Å²) in [4.78, 5) is 2.93. The molecule has 1 rings (SSSR count). The molecule has 0 amide bonds. The summed E-state index contributed by atoms with van der Waals surface area (Å²) in [6.07, 6.45) is 1.20. The highest BCUT2D eigenvalue weighted by molar-refractivity contribution is 7.11. The number of nitrogens with one attached hydrogen (secondary N) is 1. The predicted molar refractivity (Wildman–Crippen MR) is 69.7 cm³/mol. The third-order valence-corrected chi connectivity index (χ3v) is 3.35. The molecule has 1 aromatic heterocycles. The predicted octanol–water partition coefficient (Wildman–Crippen LogP) is 3.62. The van der Waals surface area contributed by atoms with Crippen LogP contribution in [0.15, 0.2) is 12.1 Å². The third kappa shape index (κ3) is 5.33. The van der Waals surface area contributed by atoms with Crippen LogP contribution in [-0.2, 0) is 6.42 Å². The molecule has 1 unspecified atom stereocenters. The van der Waals surface area contributed by atoms with Gasteiger partial charge in [-0.3, -0.25) is 0 Å². The molecule has 0 aromatic carbocycles. The quantitative estimate of drug-likeness (QED) is 0.825. The van der Waals surface area contributed by atoms with E-state index in [1.165, 1.54) is 16.2 Å². The van der Waals surface area contributed by atoms with Crippen molar-refractivity contribution in [2.75, 3.05) is 6.54 Å². The summed E-state index contributed by atoms with van der Waals surface area (Å²) in [5, 5.41) is 3.55. The summed E-state index contributed by atoms with van der Waals surface area (Å²) < 4.78 is 0. The van der Waals surface area contributed by atoms with Crippen molar-refractivity contribution in [2.45, 2.75) is 46.6 Å². The van der Waals surface area contributed by atoms with Crippen LogP contribution in [0.4, 0.5) is 0 Å². The minimum Gasteiger partial charge on any atom is -0.312 e. The zero-order valence-electron chi connectivity index (χ0n) is 10.6. The number of aryl methyl sites for hydroxylation is 1. The summed E-state index contributed by atoms with van der Waals surface area (Å²) in [6.45, 7) is 12.2. The lowest BCUT2D eigenvalue weighted by Crippen LogP contribution is -2.38. The molecule has 1 nitrogen and oxygen atoms in total. The largest absolute Gasteiger partial charge is 0.312 e. The van der Waals surface area contributed by atoms with Gasteiger partial charge in [-0.05, 0) is 58.7 Å². The van der Waals surface area contributed by atoms with Crippen molar-refractivity contribution in [1.29, 1.82) is 0 Å². The van der Waals surface area contributed by atoms with Crippen LogP contribution >= 0.6 is 11.3 Å². The SMILES string of the molecule is Cc1ccc(CC(C)CNC(C)(C)C)s1. The van der Waals surface area contributed by atoms with Gasteiger partial charge in [0, 0.05) is 15.3 Å². The summed E-state index contributed by atoms with van der Waals surface area (Å²) in [5.74, 6) is 0.710. The van der Waals surface area contributed by atoms with E-state index in [1.54, 1.807) is 0 Å². The van der Waals surface area contributed by atoms with E-state index in [-0.39, 0.29) is 5.54 Å². The first-order valence-corrected chi connectivity index (χ1v) is 6.49. The lowest BCUT2D eigenvalue weighted by molar-refractivity contribution is 0.382. The fourth-order valence-electron chi connectivity index (χ4n) is 1.49. The van der Waals surface area contributed by atoms with Gasteiger partial charge in [0.1, 0.15) is 0 Å². The van der Waals surface area contributed by atoms with Gasteiger partial charge in [0.05, 0.1) is 0 Å². The van der Waals surface area contributed by atoms with Crippen molar-refractivity contribution in [2.24, 2.45) is 5.92 Å².